The lowest BCUT2D eigenvalue weighted by Gasteiger charge is -2.10. The maximum Gasteiger partial charge on any atom is 0.170 e. The summed E-state index contributed by atoms with van der Waals surface area (Å²) >= 11 is 11.9. The van der Waals surface area contributed by atoms with Crippen molar-refractivity contribution in [2.75, 3.05) is 0 Å². The van der Waals surface area contributed by atoms with Crippen molar-refractivity contribution in [3.8, 4) is 5.75 Å². The highest BCUT2D eigenvalue weighted by Crippen LogP contribution is 2.27. The highest BCUT2D eigenvalue weighted by atomic mass is 35.5. The van der Waals surface area contributed by atoms with E-state index < -0.39 is 5.82 Å². The number of ether oxygens (including phenoxy) is 1. The van der Waals surface area contributed by atoms with Crippen LogP contribution in [0.3, 0.4) is 0 Å². The predicted octanol–water partition coefficient (Wildman–Crippen LogP) is 3.81. The van der Waals surface area contributed by atoms with Gasteiger partial charge in [-0.05, 0) is 24.3 Å². The van der Waals surface area contributed by atoms with Crippen molar-refractivity contribution in [3.05, 3.63) is 63.4 Å². The van der Waals surface area contributed by atoms with Crippen molar-refractivity contribution in [3.63, 3.8) is 0 Å². The van der Waals surface area contributed by atoms with E-state index in [9.17, 15) is 4.39 Å². The van der Waals surface area contributed by atoms with Crippen LogP contribution in [0, 0.1) is 5.82 Å². The Labute approximate surface area is 130 Å². The summed E-state index contributed by atoms with van der Waals surface area (Å²) in [4.78, 5) is 0. The molecule has 110 valence electrons. The number of halogens is 3. The Bertz CT molecular complexity index is 693. The van der Waals surface area contributed by atoms with Crippen LogP contribution in [0.15, 0.2) is 41.6 Å². The first kappa shape index (κ1) is 15.4. The molecule has 0 unspecified atom stereocenters. The van der Waals surface area contributed by atoms with Crippen LogP contribution in [-0.2, 0) is 6.61 Å². The average molecular weight is 329 g/mol. The minimum Gasteiger partial charge on any atom is -0.486 e. The molecule has 3 N–H and O–H groups in total. The number of amidine groups is 1. The lowest BCUT2D eigenvalue weighted by Crippen LogP contribution is -2.13. The lowest BCUT2D eigenvalue weighted by atomic mass is 10.2. The SMILES string of the molecule is N/C(=N/O)c1ccc(OCc2cccc(Cl)c2Cl)c(F)c1. The topological polar surface area (TPSA) is 67.8 Å². The first-order valence-electron chi connectivity index (χ1n) is 5.86. The maximum atomic E-state index is 13.9. The quantitative estimate of drug-likeness (QED) is 0.388. The minimum absolute atomic E-state index is 0.0283. The van der Waals surface area contributed by atoms with E-state index in [1.807, 2.05) is 0 Å². The zero-order valence-electron chi connectivity index (χ0n) is 10.7. The summed E-state index contributed by atoms with van der Waals surface area (Å²) in [6.45, 7) is 0.0687. The highest BCUT2D eigenvalue weighted by Gasteiger charge is 2.10. The smallest absolute Gasteiger partial charge is 0.170 e. The summed E-state index contributed by atoms with van der Waals surface area (Å²) in [6, 6.07) is 9.10. The first-order chi connectivity index (χ1) is 10.0. The van der Waals surface area contributed by atoms with Gasteiger partial charge in [-0.15, -0.1) is 0 Å². The molecular formula is C14H11Cl2FN2O2. The van der Waals surface area contributed by atoms with Gasteiger partial charge >= 0.3 is 0 Å². The minimum atomic E-state index is -0.628. The molecule has 0 fully saturated rings. The Balaban J connectivity index is 2.15. The molecule has 0 radical (unpaired) electrons. The van der Waals surface area contributed by atoms with Gasteiger partial charge < -0.3 is 15.7 Å². The molecule has 21 heavy (non-hydrogen) atoms. The summed E-state index contributed by atoms with van der Waals surface area (Å²) in [5.74, 6) is -0.781. The zero-order chi connectivity index (χ0) is 15.4. The number of rotatable bonds is 4. The number of benzene rings is 2. The normalized spacial score (nSPS) is 11.5. The molecule has 7 heteroatoms. The van der Waals surface area contributed by atoms with E-state index >= 15 is 0 Å². The Morgan fingerprint density at radius 2 is 2.05 bits per heavy atom. The lowest BCUT2D eigenvalue weighted by molar-refractivity contribution is 0.290. The van der Waals surface area contributed by atoms with Crippen molar-refractivity contribution < 1.29 is 14.3 Å². The summed E-state index contributed by atoms with van der Waals surface area (Å²) in [5.41, 5.74) is 6.27. The maximum absolute atomic E-state index is 13.9. The fourth-order valence-electron chi connectivity index (χ4n) is 1.65. The molecule has 0 bridgehead atoms. The monoisotopic (exact) mass is 328 g/mol. The van der Waals surface area contributed by atoms with Gasteiger partial charge in [0.05, 0.1) is 10.0 Å². The molecule has 0 aliphatic carbocycles. The summed E-state index contributed by atoms with van der Waals surface area (Å²) in [5, 5.41) is 12.1. The van der Waals surface area contributed by atoms with Gasteiger partial charge in [-0.25, -0.2) is 4.39 Å². The van der Waals surface area contributed by atoms with Crippen LogP contribution in [0.4, 0.5) is 4.39 Å². The van der Waals surface area contributed by atoms with Gasteiger partial charge in [-0.3, -0.25) is 0 Å². The summed E-state index contributed by atoms with van der Waals surface area (Å²) in [6.07, 6.45) is 0. The van der Waals surface area contributed by atoms with Gasteiger partial charge in [0.25, 0.3) is 0 Å². The zero-order valence-corrected chi connectivity index (χ0v) is 12.2. The fraction of sp³-hybridized carbons (Fsp3) is 0.0714. The molecule has 4 nitrogen and oxygen atoms in total. The van der Waals surface area contributed by atoms with Crippen LogP contribution >= 0.6 is 23.2 Å². The molecule has 0 aliphatic heterocycles. The highest BCUT2D eigenvalue weighted by molar-refractivity contribution is 6.42. The molecule has 0 saturated heterocycles. The molecule has 2 rings (SSSR count). The number of hydrogen-bond donors (Lipinski definition) is 2. The van der Waals surface area contributed by atoms with Gasteiger partial charge in [0.2, 0.25) is 0 Å². The summed E-state index contributed by atoms with van der Waals surface area (Å²) < 4.78 is 19.2. The molecular weight excluding hydrogens is 318 g/mol. The van der Waals surface area contributed by atoms with Gasteiger partial charge in [-0.1, -0.05) is 40.5 Å². The Hall–Kier alpha value is -1.98. The number of hydrogen-bond acceptors (Lipinski definition) is 3. The van der Waals surface area contributed by atoms with Crippen molar-refractivity contribution in [1.82, 2.24) is 0 Å². The van der Waals surface area contributed by atoms with Crippen LogP contribution in [0.2, 0.25) is 10.0 Å². The third-order valence-corrected chi connectivity index (χ3v) is 3.61. The molecule has 0 saturated carbocycles. The van der Waals surface area contributed by atoms with Gasteiger partial charge in [0.15, 0.2) is 17.4 Å². The first-order valence-corrected chi connectivity index (χ1v) is 6.61. The second kappa shape index (κ2) is 6.65. The van der Waals surface area contributed by atoms with E-state index in [0.717, 1.165) is 6.07 Å². The van der Waals surface area contributed by atoms with Gasteiger partial charge in [0, 0.05) is 11.1 Å². The number of oxime groups is 1. The van der Waals surface area contributed by atoms with E-state index in [-0.39, 0.29) is 23.8 Å². The van der Waals surface area contributed by atoms with Crippen molar-refractivity contribution >= 4 is 29.0 Å². The molecule has 0 atom stereocenters. The second-order valence-electron chi connectivity index (χ2n) is 4.13. The standard InChI is InChI=1S/C14H11Cl2FN2O2/c15-10-3-1-2-9(13(10)16)7-21-12-5-4-8(6-11(12)17)14(18)19-20/h1-6,20H,7H2,(H2,18,19). The van der Waals surface area contributed by atoms with Crippen LogP contribution < -0.4 is 10.5 Å². The Morgan fingerprint density at radius 3 is 2.71 bits per heavy atom. The van der Waals surface area contributed by atoms with Crippen LogP contribution in [-0.4, -0.2) is 11.0 Å². The number of nitrogens with zero attached hydrogens (tertiary/aromatic N) is 1. The van der Waals surface area contributed by atoms with Crippen LogP contribution in [0.5, 0.6) is 5.75 Å². The Kier molecular flexibility index (Phi) is 4.88. The predicted molar refractivity (Wildman–Crippen MR) is 79.7 cm³/mol. The van der Waals surface area contributed by atoms with E-state index in [1.165, 1.54) is 12.1 Å². The third kappa shape index (κ3) is 3.56. The third-order valence-electron chi connectivity index (χ3n) is 2.75. The van der Waals surface area contributed by atoms with E-state index in [2.05, 4.69) is 5.16 Å². The molecule has 2 aromatic rings. The molecule has 0 amide bonds. The van der Waals surface area contributed by atoms with E-state index in [0.29, 0.717) is 15.6 Å². The van der Waals surface area contributed by atoms with Gasteiger partial charge in [-0.2, -0.15) is 0 Å². The van der Waals surface area contributed by atoms with Crippen LogP contribution in [0.25, 0.3) is 0 Å². The molecule has 0 spiro atoms. The average Bonchev–Trinajstić information content (AvgIpc) is 2.49. The molecule has 0 aromatic heterocycles. The number of nitrogens with two attached hydrogens (primary N) is 1. The van der Waals surface area contributed by atoms with Crippen molar-refractivity contribution in [1.29, 1.82) is 0 Å². The van der Waals surface area contributed by atoms with Gasteiger partial charge in [0.1, 0.15) is 6.61 Å². The summed E-state index contributed by atoms with van der Waals surface area (Å²) in [7, 11) is 0. The fourth-order valence-corrected chi connectivity index (χ4v) is 2.03. The Morgan fingerprint density at radius 1 is 1.29 bits per heavy atom. The van der Waals surface area contributed by atoms with E-state index in [4.69, 9.17) is 38.9 Å². The molecule has 0 heterocycles. The van der Waals surface area contributed by atoms with E-state index in [1.54, 1.807) is 18.2 Å². The van der Waals surface area contributed by atoms with Crippen molar-refractivity contribution in [2.45, 2.75) is 6.61 Å². The molecule has 2 aromatic carbocycles. The van der Waals surface area contributed by atoms with Crippen molar-refractivity contribution in [2.24, 2.45) is 10.9 Å². The van der Waals surface area contributed by atoms with Crippen LogP contribution in [0.1, 0.15) is 11.1 Å². The largest absolute Gasteiger partial charge is 0.486 e. The molecule has 0 aliphatic rings. The second-order valence-corrected chi connectivity index (χ2v) is 4.92.